The van der Waals surface area contributed by atoms with Crippen LogP contribution < -0.4 is 0 Å². The van der Waals surface area contributed by atoms with Gasteiger partial charge < -0.3 is 14.2 Å². The highest BCUT2D eigenvalue weighted by Crippen LogP contribution is 2.04. The molecule has 0 aliphatic carbocycles. The molecule has 0 fully saturated rings. The Morgan fingerprint density at radius 2 is 2.06 bits per heavy atom. The summed E-state index contributed by atoms with van der Waals surface area (Å²) in [5.74, 6) is 2.56. The van der Waals surface area contributed by atoms with Crippen LogP contribution in [0.1, 0.15) is 12.0 Å². The number of hydrogen-bond acceptors (Lipinski definition) is 3. The third kappa shape index (κ3) is 6.08. The molecule has 1 atom stereocenters. The topological polar surface area (TPSA) is 27.7 Å². The first-order valence-electron chi connectivity index (χ1n) is 5.52. The summed E-state index contributed by atoms with van der Waals surface area (Å²) in [6.07, 6.45) is 5.68. The van der Waals surface area contributed by atoms with Gasteiger partial charge in [0.25, 0.3) is 0 Å². The lowest BCUT2D eigenvalue weighted by Gasteiger charge is -2.15. The summed E-state index contributed by atoms with van der Waals surface area (Å²) in [6, 6.07) is 9.99. The molecule has 3 nitrogen and oxygen atoms in total. The standard InChI is InChI=1S/C14H18O3/c1-3-7-14(17-12-15-2)11-16-10-13-8-5-4-6-9-13/h1,4-6,8-9,14H,7,10-12H2,2H3/t14-/m1/s1. The summed E-state index contributed by atoms with van der Waals surface area (Å²) in [5, 5.41) is 0. The quantitative estimate of drug-likeness (QED) is 0.510. The molecule has 1 aromatic carbocycles. The zero-order chi connectivity index (χ0) is 12.3. The Kier molecular flexibility index (Phi) is 7.08. The van der Waals surface area contributed by atoms with Crippen molar-refractivity contribution in [2.75, 3.05) is 20.5 Å². The van der Waals surface area contributed by atoms with E-state index in [1.54, 1.807) is 7.11 Å². The predicted molar refractivity (Wildman–Crippen MR) is 66.3 cm³/mol. The summed E-state index contributed by atoms with van der Waals surface area (Å²) < 4.78 is 15.8. The van der Waals surface area contributed by atoms with Crippen molar-refractivity contribution in [1.29, 1.82) is 0 Å². The monoisotopic (exact) mass is 234 g/mol. The first-order chi connectivity index (χ1) is 8.36. The van der Waals surface area contributed by atoms with Gasteiger partial charge in [-0.3, -0.25) is 0 Å². The predicted octanol–water partition coefficient (Wildman–Crippen LogP) is 2.22. The van der Waals surface area contributed by atoms with Crippen LogP contribution in [-0.4, -0.2) is 26.6 Å². The minimum absolute atomic E-state index is 0.108. The van der Waals surface area contributed by atoms with Gasteiger partial charge in [0.15, 0.2) is 0 Å². The first kappa shape index (κ1) is 13.7. The SMILES string of the molecule is C#CC[C@H](COCc1ccccc1)OCOC. The second-order valence-electron chi connectivity index (χ2n) is 3.60. The zero-order valence-electron chi connectivity index (χ0n) is 10.1. The van der Waals surface area contributed by atoms with Gasteiger partial charge in [-0.1, -0.05) is 30.3 Å². The molecule has 0 aromatic heterocycles. The molecule has 0 N–H and O–H groups in total. The average Bonchev–Trinajstić information content (AvgIpc) is 2.37. The summed E-state index contributed by atoms with van der Waals surface area (Å²) >= 11 is 0. The van der Waals surface area contributed by atoms with Crippen LogP contribution in [-0.2, 0) is 20.8 Å². The molecule has 0 amide bonds. The van der Waals surface area contributed by atoms with E-state index in [-0.39, 0.29) is 12.9 Å². The van der Waals surface area contributed by atoms with E-state index < -0.39 is 0 Å². The van der Waals surface area contributed by atoms with E-state index in [4.69, 9.17) is 20.6 Å². The molecular formula is C14H18O3. The normalized spacial score (nSPS) is 12.0. The molecular weight excluding hydrogens is 216 g/mol. The third-order valence-electron chi connectivity index (χ3n) is 2.18. The number of hydrogen-bond donors (Lipinski definition) is 0. The fourth-order valence-corrected chi connectivity index (χ4v) is 1.34. The van der Waals surface area contributed by atoms with Crippen LogP contribution in [0.2, 0.25) is 0 Å². The van der Waals surface area contributed by atoms with Gasteiger partial charge in [-0.2, -0.15) is 0 Å². The van der Waals surface area contributed by atoms with Crippen molar-refractivity contribution in [3.63, 3.8) is 0 Å². The van der Waals surface area contributed by atoms with Gasteiger partial charge in [0.1, 0.15) is 6.79 Å². The van der Waals surface area contributed by atoms with Crippen LogP contribution in [0.5, 0.6) is 0 Å². The zero-order valence-corrected chi connectivity index (χ0v) is 10.1. The summed E-state index contributed by atoms with van der Waals surface area (Å²) in [6.45, 7) is 1.28. The van der Waals surface area contributed by atoms with Crippen molar-refractivity contribution in [3.8, 4) is 12.3 Å². The van der Waals surface area contributed by atoms with Crippen LogP contribution in [0.25, 0.3) is 0 Å². The van der Waals surface area contributed by atoms with E-state index in [9.17, 15) is 0 Å². The minimum Gasteiger partial charge on any atom is -0.374 e. The molecule has 1 rings (SSSR count). The van der Waals surface area contributed by atoms with Crippen molar-refractivity contribution in [3.05, 3.63) is 35.9 Å². The molecule has 0 aliphatic heterocycles. The van der Waals surface area contributed by atoms with Gasteiger partial charge in [-0.15, -0.1) is 12.3 Å². The highest BCUT2D eigenvalue weighted by Gasteiger charge is 2.07. The largest absolute Gasteiger partial charge is 0.374 e. The fraction of sp³-hybridized carbons (Fsp3) is 0.429. The summed E-state index contributed by atoms with van der Waals surface area (Å²) in [7, 11) is 1.58. The van der Waals surface area contributed by atoms with E-state index in [1.807, 2.05) is 30.3 Å². The second kappa shape index (κ2) is 8.77. The smallest absolute Gasteiger partial charge is 0.146 e. The van der Waals surface area contributed by atoms with Gasteiger partial charge in [0.2, 0.25) is 0 Å². The van der Waals surface area contributed by atoms with Crippen LogP contribution >= 0.6 is 0 Å². The van der Waals surface area contributed by atoms with Crippen molar-refractivity contribution in [2.24, 2.45) is 0 Å². The molecule has 0 saturated heterocycles. The van der Waals surface area contributed by atoms with E-state index in [0.29, 0.717) is 19.6 Å². The van der Waals surface area contributed by atoms with E-state index >= 15 is 0 Å². The highest BCUT2D eigenvalue weighted by atomic mass is 16.7. The van der Waals surface area contributed by atoms with Crippen LogP contribution in [0.15, 0.2) is 30.3 Å². The van der Waals surface area contributed by atoms with Gasteiger partial charge >= 0.3 is 0 Å². The molecule has 0 radical (unpaired) electrons. The molecule has 1 aromatic rings. The molecule has 0 unspecified atom stereocenters. The lowest BCUT2D eigenvalue weighted by atomic mass is 10.2. The van der Waals surface area contributed by atoms with E-state index in [1.165, 1.54) is 0 Å². The highest BCUT2D eigenvalue weighted by molar-refractivity contribution is 5.13. The van der Waals surface area contributed by atoms with Crippen LogP contribution in [0.4, 0.5) is 0 Å². The van der Waals surface area contributed by atoms with Crippen molar-refractivity contribution < 1.29 is 14.2 Å². The maximum absolute atomic E-state index is 5.56. The number of methoxy groups -OCH3 is 1. The Morgan fingerprint density at radius 1 is 1.29 bits per heavy atom. The summed E-state index contributed by atoms with van der Waals surface area (Å²) in [5.41, 5.74) is 1.14. The Hall–Kier alpha value is -1.34. The summed E-state index contributed by atoms with van der Waals surface area (Å²) in [4.78, 5) is 0. The maximum Gasteiger partial charge on any atom is 0.146 e. The molecule has 0 saturated carbocycles. The van der Waals surface area contributed by atoms with E-state index in [2.05, 4.69) is 5.92 Å². The number of rotatable bonds is 8. The average molecular weight is 234 g/mol. The first-order valence-corrected chi connectivity index (χ1v) is 5.52. The Morgan fingerprint density at radius 3 is 2.71 bits per heavy atom. The molecule has 0 heterocycles. The molecule has 0 spiro atoms. The number of terminal acetylenes is 1. The van der Waals surface area contributed by atoms with Gasteiger partial charge in [-0.05, 0) is 5.56 Å². The fourth-order valence-electron chi connectivity index (χ4n) is 1.34. The second-order valence-corrected chi connectivity index (χ2v) is 3.60. The van der Waals surface area contributed by atoms with Gasteiger partial charge in [-0.25, -0.2) is 0 Å². The molecule has 3 heteroatoms. The van der Waals surface area contributed by atoms with Crippen molar-refractivity contribution in [1.82, 2.24) is 0 Å². The molecule has 0 aliphatic rings. The van der Waals surface area contributed by atoms with Gasteiger partial charge in [0.05, 0.1) is 19.3 Å². The van der Waals surface area contributed by atoms with Crippen LogP contribution in [0, 0.1) is 12.3 Å². The lowest BCUT2D eigenvalue weighted by Crippen LogP contribution is -2.20. The number of benzene rings is 1. The lowest BCUT2D eigenvalue weighted by molar-refractivity contribution is -0.0966. The minimum atomic E-state index is -0.108. The Balaban J connectivity index is 2.24. The third-order valence-corrected chi connectivity index (χ3v) is 2.18. The van der Waals surface area contributed by atoms with Crippen LogP contribution in [0.3, 0.4) is 0 Å². The maximum atomic E-state index is 5.56. The van der Waals surface area contributed by atoms with E-state index in [0.717, 1.165) is 5.56 Å². The molecule has 17 heavy (non-hydrogen) atoms. The van der Waals surface area contributed by atoms with Crippen molar-refractivity contribution >= 4 is 0 Å². The molecule has 92 valence electrons. The Labute approximate surface area is 103 Å². The van der Waals surface area contributed by atoms with Gasteiger partial charge in [0, 0.05) is 13.5 Å². The molecule has 0 bridgehead atoms. The van der Waals surface area contributed by atoms with Crippen molar-refractivity contribution in [2.45, 2.75) is 19.1 Å². The Bertz CT molecular complexity index is 329. The number of ether oxygens (including phenoxy) is 3.